The fraction of sp³-hybridized carbons (Fsp3) is 0.424. The lowest BCUT2D eigenvalue weighted by Crippen LogP contribution is -2.60. The van der Waals surface area contributed by atoms with E-state index >= 15 is 0 Å². The molecule has 0 heterocycles. The van der Waals surface area contributed by atoms with Crippen molar-refractivity contribution in [2.75, 3.05) is 26.4 Å². The summed E-state index contributed by atoms with van der Waals surface area (Å²) in [5, 5.41) is 0. The van der Waals surface area contributed by atoms with Crippen molar-refractivity contribution in [1.82, 2.24) is 0 Å². The van der Waals surface area contributed by atoms with E-state index in [0.29, 0.717) is 11.1 Å². The van der Waals surface area contributed by atoms with Crippen molar-refractivity contribution in [2.45, 2.75) is 63.9 Å². The van der Waals surface area contributed by atoms with Crippen LogP contribution in [0.2, 0.25) is 0 Å². The van der Waals surface area contributed by atoms with Gasteiger partial charge in [-0.2, -0.15) is 0 Å². The highest BCUT2D eigenvalue weighted by molar-refractivity contribution is 5.81. The van der Waals surface area contributed by atoms with E-state index in [9.17, 15) is 14.4 Å². The summed E-state index contributed by atoms with van der Waals surface area (Å²) in [6.07, 6.45) is 0.425. The van der Waals surface area contributed by atoms with Gasteiger partial charge in [0.2, 0.25) is 0 Å². The molecule has 0 saturated heterocycles. The van der Waals surface area contributed by atoms with Gasteiger partial charge in [0.1, 0.15) is 13.2 Å². The predicted molar refractivity (Wildman–Crippen MR) is 160 cm³/mol. The van der Waals surface area contributed by atoms with Crippen LogP contribution in [-0.4, -0.2) is 56.1 Å². The number of carbonyl (C=O) groups is 3. The Hall–Kier alpha value is -4.03. The Labute approximate surface area is 258 Å². The van der Waals surface area contributed by atoms with Crippen molar-refractivity contribution in [1.29, 1.82) is 0 Å². The summed E-state index contributed by atoms with van der Waals surface area (Å²) >= 11 is 0. The standard InChI is InChI=1S/C33H42O11/c1-9-27(34)41-43-32(23-37-11-3,30(5,6)25-19-15-13-16-20-25)39-29(36)40-33(24-38-12-4,44-42-28(35)10-2)31(7,8)26-21-17-14-18-22-26/h9-10,13-22H,1-2,11-12,23-24H2,3-8H3. The van der Waals surface area contributed by atoms with E-state index in [1.54, 1.807) is 90.1 Å². The Kier molecular flexibility index (Phi) is 13.3. The molecule has 0 spiro atoms. The molecule has 2 atom stereocenters. The maximum atomic E-state index is 13.9. The summed E-state index contributed by atoms with van der Waals surface area (Å²) in [6.45, 7) is 16.7. The molecule has 2 rings (SSSR count). The first-order valence-corrected chi connectivity index (χ1v) is 14.1. The molecule has 0 radical (unpaired) electrons. The lowest BCUT2D eigenvalue weighted by molar-refractivity contribution is -0.437. The Balaban J connectivity index is 2.69. The minimum atomic E-state index is -2.12. The molecule has 11 nitrogen and oxygen atoms in total. The minimum absolute atomic E-state index is 0.194. The molecule has 0 N–H and O–H groups in total. The van der Waals surface area contributed by atoms with Crippen LogP contribution in [0.3, 0.4) is 0 Å². The van der Waals surface area contributed by atoms with E-state index in [-0.39, 0.29) is 13.2 Å². The zero-order valence-electron chi connectivity index (χ0n) is 26.2. The Morgan fingerprint density at radius 1 is 0.636 bits per heavy atom. The molecule has 0 saturated carbocycles. The van der Waals surface area contributed by atoms with Gasteiger partial charge in [0.15, 0.2) is 0 Å². The number of carbonyl (C=O) groups excluding carboxylic acids is 3. The number of hydrogen-bond acceptors (Lipinski definition) is 11. The molecule has 2 unspecified atom stereocenters. The Morgan fingerprint density at radius 3 is 1.27 bits per heavy atom. The topological polar surface area (TPSA) is 125 Å². The molecule has 0 amide bonds. The van der Waals surface area contributed by atoms with Crippen LogP contribution in [0, 0.1) is 0 Å². The van der Waals surface area contributed by atoms with Gasteiger partial charge in [0.25, 0.3) is 11.6 Å². The Morgan fingerprint density at radius 2 is 0.977 bits per heavy atom. The summed E-state index contributed by atoms with van der Waals surface area (Å²) in [6, 6.07) is 17.9. The molecule has 0 fully saturated rings. The van der Waals surface area contributed by atoms with E-state index in [0.717, 1.165) is 12.2 Å². The van der Waals surface area contributed by atoms with Crippen molar-refractivity contribution < 1.29 is 52.9 Å². The number of hydrogen-bond donors (Lipinski definition) is 0. The van der Waals surface area contributed by atoms with E-state index in [4.69, 9.17) is 38.5 Å². The lowest BCUT2D eigenvalue weighted by atomic mass is 9.76. The average molecular weight is 615 g/mol. The van der Waals surface area contributed by atoms with Gasteiger partial charge in [-0.25, -0.2) is 14.4 Å². The van der Waals surface area contributed by atoms with Crippen LogP contribution in [0.15, 0.2) is 86.0 Å². The molecule has 2 aromatic rings. The molecule has 0 aliphatic heterocycles. The first-order valence-electron chi connectivity index (χ1n) is 14.1. The van der Waals surface area contributed by atoms with Gasteiger partial charge >= 0.3 is 18.1 Å². The highest BCUT2D eigenvalue weighted by Crippen LogP contribution is 2.43. The number of ether oxygens (including phenoxy) is 4. The molecular weight excluding hydrogens is 572 g/mol. The van der Waals surface area contributed by atoms with Crippen molar-refractivity contribution >= 4 is 18.1 Å². The summed E-state index contributed by atoms with van der Waals surface area (Å²) in [5.74, 6) is -6.12. The van der Waals surface area contributed by atoms with Crippen molar-refractivity contribution in [3.63, 3.8) is 0 Å². The van der Waals surface area contributed by atoms with Gasteiger partial charge < -0.3 is 18.9 Å². The number of rotatable bonds is 18. The maximum Gasteiger partial charge on any atom is 0.513 e. The predicted octanol–water partition coefficient (Wildman–Crippen LogP) is 5.88. The van der Waals surface area contributed by atoms with Gasteiger partial charge in [-0.15, -0.1) is 9.78 Å². The lowest BCUT2D eigenvalue weighted by Gasteiger charge is -2.45. The quantitative estimate of drug-likeness (QED) is 0.0657. The fourth-order valence-electron chi connectivity index (χ4n) is 4.16. The van der Waals surface area contributed by atoms with E-state index < -0.39 is 53.7 Å². The van der Waals surface area contributed by atoms with Crippen LogP contribution in [0.5, 0.6) is 0 Å². The highest BCUT2D eigenvalue weighted by Gasteiger charge is 2.58. The average Bonchev–Trinajstić information content (AvgIpc) is 3.03. The largest absolute Gasteiger partial charge is 0.513 e. The van der Waals surface area contributed by atoms with Crippen LogP contribution < -0.4 is 0 Å². The van der Waals surface area contributed by atoms with Crippen molar-refractivity contribution in [2.24, 2.45) is 0 Å². The zero-order chi connectivity index (χ0) is 32.9. The first kappa shape index (κ1) is 36.2. The minimum Gasteiger partial charge on any atom is -0.394 e. The Bertz CT molecular complexity index is 1150. The molecule has 0 aromatic heterocycles. The first-order chi connectivity index (χ1) is 20.8. The second-order valence-electron chi connectivity index (χ2n) is 10.6. The second kappa shape index (κ2) is 16.2. The van der Waals surface area contributed by atoms with Gasteiger partial charge in [-0.1, -0.05) is 73.8 Å². The van der Waals surface area contributed by atoms with Crippen LogP contribution in [0.1, 0.15) is 52.7 Å². The fourth-order valence-corrected chi connectivity index (χ4v) is 4.16. The number of benzene rings is 2. The van der Waals surface area contributed by atoms with Crippen molar-refractivity contribution in [3.8, 4) is 0 Å². The summed E-state index contributed by atoms with van der Waals surface area (Å²) < 4.78 is 23.3. The zero-order valence-corrected chi connectivity index (χ0v) is 26.2. The van der Waals surface area contributed by atoms with Crippen LogP contribution in [0.25, 0.3) is 0 Å². The SMILES string of the molecule is C=CC(=O)OOC(COCC)(OC(=O)OC(COCC)(OOC(=O)C=C)C(C)(C)c1ccccc1)C(C)(C)c1ccccc1. The maximum absolute atomic E-state index is 13.9. The van der Waals surface area contributed by atoms with Gasteiger partial charge in [-0.3, -0.25) is 9.78 Å². The molecule has 0 aliphatic carbocycles. The van der Waals surface area contributed by atoms with Gasteiger partial charge in [0, 0.05) is 25.4 Å². The summed E-state index contributed by atoms with van der Waals surface area (Å²) in [7, 11) is 0. The molecule has 11 heteroatoms. The third kappa shape index (κ3) is 8.54. The summed E-state index contributed by atoms with van der Waals surface area (Å²) in [5.41, 5.74) is -1.16. The highest BCUT2D eigenvalue weighted by atomic mass is 17.3. The van der Waals surface area contributed by atoms with Crippen LogP contribution >= 0.6 is 0 Å². The second-order valence-corrected chi connectivity index (χ2v) is 10.6. The summed E-state index contributed by atoms with van der Waals surface area (Å²) in [4.78, 5) is 59.4. The van der Waals surface area contributed by atoms with E-state index in [1.165, 1.54) is 0 Å². The third-order valence-corrected chi connectivity index (χ3v) is 7.23. The van der Waals surface area contributed by atoms with Crippen LogP contribution in [0.4, 0.5) is 4.79 Å². The smallest absolute Gasteiger partial charge is 0.394 e. The molecular formula is C33H42O11. The molecule has 44 heavy (non-hydrogen) atoms. The monoisotopic (exact) mass is 614 g/mol. The normalized spacial score (nSPS) is 14.3. The van der Waals surface area contributed by atoms with Gasteiger partial charge in [0.05, 0.1) is 10.8 Å². The molecule has 240 valence electrons. The third-order valence-electron chi connectivity index (χ3n) is 7.23. The van der Waals surface area contributed by atoms with Gasteiger partial charge in [-0.05, 0) is 52.7 Å². The van der Waals surface area contributed by atoms with Crippen LogP contribution in [-0.2, 0) is 58.9 Å². The molecule has 0 aliphatic rings. The van der Waals surface area contributed by atoms with E-state index in [2.05, 4.69) is 13.2 Å². The van der Waals surface area contributed by atoms with Crippen molar-refractivity contribution in [3.05, 3.63) is 97.1 Å². The molecule has 0 bridgehead atoms. The van der Waals surface area contributed by atoms with E-state index in [1.807, 2.05) is 12.1 Å². The molecule has 2 aromatic carbocycles.